The molecule has 0 bridgehead atoms. The molecule has 1 aliphatic rings. The Hall–Kier alpha value is -2.92. The number of sulfonamides is 2. The van der Waals surface area contributed by atoms with E-state index in [1.807, 2.05) is 13.8 Å². The van der Waals surface area contributed by atoms with Crippen molar-refractivity contribution in [2.75, 3.05) is 26.1 Å². The van der Waals surface area contributed by atoms with Crippen LogP contribution < -0.4 is 4.74 Å². The van der Waals surface area contributed by atoms with Crippen molar-refractivity contribution in [3.8, 4) is 5.75 Å². The van der Waals surface area contributed by atoms with Gasteiger partial charge in [0.1, 0.15) is 17.8 Å². The molecule has 11 heteroatoms. The van der Waals surface area contributed by atoms with E-state index in [1.54, 1.807) is 72.7 Å². The van der Waals surface area contributed by atoms with Gasteiger partial charge in [-0.05, 0) is 55.8 Å². The van der Waals surface area contributed by atoms with Gasteiger partial charge in [0, 0.05) is 13.1 Å². The van der Waals surface area contributed by atoms with Crippen molar-refractivity contribution < 1.29 is 21.6 Å². The second kappa shape index (κ2) is 10.8. The topological polar surface area (TPSA) is 96.3 Å². The number of ether oxygens (including phenoxy) is 1. The van der Waals surface area contributed by atoms with Crippen LogP contribution in [0, 0.1) is 13.8 Å². The van der Waals surface area contributed by atoms with Crippen LogP contribution in [-0.4, -0.2) is 58.0 Å². The van der Waals surface area contributed by atoms with Gasteiger partial charge in [0.05, 0.1) is 22.8 Å². The van der Waals surface area contributed by atoms with Gasteiger partial charge in [-0.15, -0.1) is 16.0 Å². The van der Waals surface area contributed by atoms with Crippen molar-refractivity contribution in [1.82, 2.24) is 9.21 Å². The van der Waals surface area contributed by atoms with E-state index < -0.39 is 26.2 Å². The predicted molar refractivity (Wildman–Crippen MR) is 144 cm³/mol. The first-order valence-corrected chi connectivity index (χ1v) is 14.9. The molecule has 3 aromatic carbocycles. The quantitative estimate of drug-likeness (QED) is 0.242. The summed E-state index contributed by atoms with van der Waals surface area (Å²) in [6, 6.07) is 19.9. The summed E-state index contributed by atoms with van der Waals surface area (Å²) in [5.74, 6) is 0.440. The van der Waals surface area contributed by atoms with E-state index in [2.05, 4.69) is 4.40 Å². The number of amidine groups is 1. The van der Waals surface area contributed by atoms with Crippen molar-refractivity contribution >= 4 is 37.5 Å². The molecule has 1 atom stereocenters. The van der Waals surface area contributed by atoms with Gasteiger partial charge in [0.25, 0.3) is 10.0 Å². The molecular weight excluding hydrogens is 534 g/mol. The van der Waals surface area contributed by atoms with Crippen molar-refractivity contribution in [2.24, 2.45) is 4.40 Å². The largest absolute Gasteiger partial charge is 0.497 e. The van der Waals surface area contributed by atoms with Gasteiger partial charge in [-0.1, -0.05) is 47.5 Å². The molecule has 0 aliphatic carbocycles. The van der Waals surface area contributed by atoms with E-state index in [1.165, 1.54) is 16.4 Å². The van der Waals surface area contributed by atoms with Gasteiger partial charge in [-0.2, -0.15) is 12.7 Å². The van der Waals surface area contributed by atoms with Gasteiger partial charge < -0.3 is 9.64 Å². The SMILES string of the molecule is COc1ccc(C2N(/C(CCl)=N\S(=O)(=O)c3ccc(C)cc3)CCN2S(=O)(=O)c2ccc(C)cc2)cc1. The summed E-state index contributed by atoms with van der Waals surface area (Å²) >= 11 is 6.24. The number of halogens is 1. The molecule has 0 spiro atoms. The number of hydrogen-bond acceptors (Lipinski definition) is 5. The van der Waals surface area contributed by atoms with Crippen molar-refractivity contribution in [3.63, 3.8) is 0 Å². The van der Waals surface area contributed by atoms with Crippen LogP contribution in [0.2, 0.25) is 0 Å². The van der Waals surface area contributed by atoms with E-state index in [-0.39, 0.29) is 34.6 Å². The molecule has 0 N–H and O–H groups in total. The van der Waals surface area contributed by atoms with E-state index >= 15 is 0 Å². The fourth-order valence-corrected chi connectivity index (χ4v) is 7.04. The summed E-state index contributed by atoms with van der Waals surface area (Å²) in [6.07, 6.45) is -0.858. The Morgan fingerprint density at radius 2 is 1.41 bits per heavy atom. The summed E-state index contributed by atoms with van der Waals surface area (Å²) < 4.78 is 64.3. The van der Waals surface area contributed by atoms with Crippen LogP contribution in [0.5, 0.6) is 5.75 Å². The Kier molecular flexibility index (Phi) is 7.94. The zero-order chi connectivity index (χ0) is 26.8. The van der Waals surface area contributed by atoms with Crippen LogP contribution in [0.4, 0.5) is 0 Å². The molecule has 0 aromatic heterocycles. The van der Waals surface area contributed by atoms with Crippen molar-refractivity contribution in [1.29, 1.82) is 0 Å². The van der Waals surface area contributed by atoms with Gasteiger partial charge in [0.2, 0.25) is 10.0 Å². The lowest BCUT2D eigenvalue weighted by atomic mass is 10.1. The third kappa shape index (κ3) is 5.67. The van der Waals surface area contributed by atoms with Crippen LogP contribution in [-0.2, 0) is 20.0 Å². The molecule has 1 aliphatic heterocycles. The summed E-state index contributed by atoms with van der Waals surface area (Å²) in [4.78, 5) is 1.81. The molecule has 1 fully saturated rings. The third-order valence-electron chi connectivity index (χ3n) is 6.17. The minimum absolute atomic E-state index is 0.0324. The van der Waals surface area contributed by atoms with Crippen molar-refractivity contribution in [3.05, 3.63) is 89.5 Å². The van der Waals surface area contributed by atoms with Crippen molar-refractivity contribution in [2.45, 2.75) is 29.8 Å². The highest BCUT2D eigenvalue weighted by atomic mass is 35.5. The van der Waals surface area contributed by atoms with Gasteiger partial charge in [-0.25, -0.2) is 8.42 Å². The number of alkyl halides is 1. The highest BCUT2D eigenvalue weighted by Gasteiger charge is 2.42. The minimum atomic E-state index is -4.08. The van der Waals surface area contributed by atoms with Crippen LogP contribution in [0.3, 0.4) is 0 Å². The summed E-state index contributed by atoms with van der Waals surface area (Å²) in [6.45, 7) is 4.06. The monoisotopic (exact) mass is 561 g/mol. The summed E-state index contributed by atoms with van der Waals surface area (Å²) in [5.41, 5.74) is 2.47. The van der Waals surface area contributed by atoms with Crippen LogP contribution >= 0.6 is 11.6 Å². The highest BCUT2D eigenvalue weighted by molar-refractivity contribution is 7.90. The Morgan fingerprint density at radius 1 is 0.865 bits per heavy atom. The Bertz CT molecular complexity index is 1490. The molecule has 4 rings (SSSR count). The zero-order valence-electron chi connectivity index (χ0n) is 20.7. The van der Waals surface area contributed by atoms with E-state index in [0.717, 1.165) is 11.1 Å². The maximum absolute atomic E-state index is 13.7. The molecule has 1 saturated heterocycles. The molecule has 0 amide bonds. The third-order valence-corrected chi connectivity index (χ3v) is 9.59. The van der Waals surface area contributed by atoms with E-state index in [4.69, 9.17) is 16.3 Å². The minimum Gasteiger partial charge on any atom is -0.497 e. The number of aryl methyl sites for hydroxylation is 2. The Morgan fingerprint density at radius 3 is 1.92 bits per heavy atom. The van der Waals surface area contributed by atoms with E-state index in [9.17, 15) is 16.8 Å². The second-order valence-corrected chi connectivity index (χ2v) is 12.5. The molecule has 1 unspecified atom stereocenters. The second-order valence-electron chi connectivity index (χ2n) is 8.70. The number of rotatable bonds is 7. The molecule has 8 nitrogen and oxygen atoms in total. The normalized spacial score (nSPS) is 17.2. The number of methoxy groups -OCH3 is 1. The van der Waals surface area contributed by atoms with Crippen LogP contribution in [0.25, 0.3) is 0 Å². The molecule has 0 radical (unpaired) electrons. The summed E-state index contributed by atoms with van der Waals surface area (Å²) in [7, 11) is -6.47. The molecule has 196 valence electrons. The highest BCUT2D eigenvalue weighted by Crippen LogP contribution is 2.36. The predicted octanol–water partition coefficient (Wildman–Crippen LogP) is 4.34. The smallest absolute Gasteiger partial charge is 0.283 e. The van der Waals surface area contributed by atoms with Crippen LogP contribution in [0.1, 0.15) is 22.9 Å². The van der Waals surface area contributed by atoms with E-state index in [0.29, 0.717) is 11.3 Å². The molecular formula is C26H28ClN3O5S2. The number of benzene rings is 3. The standard InChI is InChI=1S/C26H28ClN3O5S2/c1-19-4-12-23(13-5-19)36(31,32)28-25(18-27)29-16-17-30(26(29)21-8-10-22(35-3)11-9-21)37(33,34)24-14-6-20(2)7-15-24/h4-15,26H,16-18H2,1-3H3/b28-25-. The average Bonchev–Trinajstić information content (AvgIpc) is 3.34. The first kappa shape index (κ1) is 27.1. The molecule has 37 heavy (non-hydrogen) atoms. The number of nitrogens with zero attached hydrogens (tertiary/aromatic N) is 3. The maximum Gasteiger partial charge on any atom is 0.283 e. The lowest BCUT2D eigenvalue weighted by Gasteiger charge is -2.31. The fraction of sp³-hybridized carbons (Fsp3) is 0.269. The maximum atomic E-state index is 13.7. The number of hydrogen-bond donors (Lipinski definition) is 0. The van der Waals surface area contributed by atoms with Crippen LogP contribution in [0.15, 0.2) is 87.0 Å². The molecule has 1 heterocycles. The lowest BCUT2D eigenvalue weighted by molar-refractivity contribution is 0.284. The fourth-order valence-electron chi connectivity index (χ4n) is 4.15. The Labute approximate surface area is 223 Å². The molecule has 3 aromatic rings. The van der Waals surface area contributed by atoms with Gasteiger partial charge in [0.15, 0.2) is 0 Å². The Balaban J connectivity index is 1.80. The lowest BCUT2D eigenvalue weighted by Crippen LogP contribution is -2.39. The van der Waals surface area contributed by atoms with Gasteiger partial charge in [-0.3, -0.25) is 0 Å². The summed E-state index contributed by atoms with van der Waals surface area (Å²) in [5, 5.41) is 0. The first-order valence-electron chi connectivity index (χ1n) is 11.5. The van der Waals surface area contributed by atoms with Gasteiger partial charge >= 0.3 is 0 Å². The first-order chi connectivity index (χ1) is 17.6. The average molecular weight is 562 g/mol. The zero-order valence-corrected chi connectivity index (χ0v) is 23.1. The molecule has 0 saturated carbocycles.